The Bertz CT molecular complexity index is 455. The molecule has 20 heavy (non-hydrogen) atoms. The van der Waals surface area contributed by atoms with Crippen LogP contribution in [-0.2, 0) is 4.79 Å². The summed E-state index contributed by atoms with van der Waals surface area (Å²) in [4.78, 5) is 14.5. The zero-order valence-electron chi connectivity index (χ0n) is 12.4. The van der Waals surface area contributed by atoms with E-state index in [1.54, 1.807) is 11.8 Å². The van der Waals surface area contributed by atoms with Gasteiger partial charge in [-0.15, -0.1) is 11.8 Å². The Morgan fingerprint density at radius 2 is 2.00 bits per heavy atom. The molecule has 3 nitrogen and oxygen atoms in total. The molecule has 1 unspecified atom stereocenters. The minimum Gasteiger partial charge on any atom is -0.394 e. The van der Waals surface area contributed by atoms with Crippen LogP contribution in [0, 0.1) is 5.41 Å². The third-order valence-corrected chi connectivity index (χ3v) is 4.75. The normalized spacial score (nSPS) is 23.1. The van der Waals surface area contributed by atoms with E-state index in [0.717, 1.165) is 11.3 Å². The number of rotatable bonds is 3. The molecule has 1 aliphatic heterocycles. The molecule has 0 aliphatic carbocycles. The Balaban J connectivity index is 2.22. The molecule has 2 rings (SSSR count). The molecular weight excluding hydrogens is 270 g/mol. The summed E-state index contributed by atoms with van der Waals surface area (Å²) in [6.45, 7) is 6.24. The van der Waals surface area contributed by atoms with Crippen molar-refractivity contribution in [3.8, 4) is 0 Å². The van der Waals surface area contributed by atoms with E-state index < -0.39 is 0 Å². The second-order valence-corrected chi connectivity index (χ2v) is 7.58. The molecular formula is C16H23NO2S. The van der Waals surface area contributed by atoms with Gasteiger partial charge in [0, 0.05) is 12.2 Å². The molecule has 1 amide bonds. The fourth-order valence-corrected chi connectivity index (χ4v) is 3.92. The highest BCUT2D eigenvalue weighted by atomic mass is 32.2. The third-order valence-electron chi connectivity index (χ3n) is 3.36. The van der Waals surface area contributed by atoms with Crippen molar-refractivity contribution >= 4 is 17.7 Å². The van der Waals surface area contributed by atoms with E-state index in [4.69, 9.17) is 0 Å². The SMILES string of the molecule is CC(C)(C)CC(=O)N1C(c2ccccc2)SC[C@H]1CO. The summed E-state index contributed by atoms with van der Waals surface area (Å²) < 4.78 is 0. The summed E-state index contributed by atoms with van der Waals surface area (Å²) in [5, 5.41) is 9.57. The van der Waals surface area contributed by atoms with Crippen LogP contribution in [0.3, 0.4) is 0 Å². The molecule has 0 radical (unpaired) electrons. The molecule has 1 fully saturated rings. The molecule has 2 atom stereocenters. The van der Waals surface area contributed by atoms with Gasteiger partial charge in [-0.05, 0) is 11.0 Å². The zero-order chi connectivity index (χ0) is 14.8. The second kappa shape index (κ2) is 6.19. The van der Waals surface area contributed by atoms with Crippen LogP contribution < -0.4 is 0 Å². The lowest BCUT2D eigenvalue weighted by molar-refractivity contribution is -0.136. The van der Waals surface area contributed by atoms with Gasteiger partial charge in [0.05, 0.1) is 12.6 Å². The molecule has 1 heterocycles. The lowest BCUT2D eigenvalue weighted by Crippen LogP contribution is -2.41. The molecule has 1 aromatic rings. The van der Waals surface area contributed by atoms with E-state index in [1.165, 1.54) is 0 Å². The molecule has 0 aromatic heterocycles. The molecule has 4 heteroatoms. The number of aliphatic hydroxyl groups excluding tert-OH is 1. The van der Waals surface area contributed by atoms with Crippen LogP contribution in [0.2, 0.25) is 0 Å². The lowest BCUT2D eigenvalue weighted by Gasteiger charge is -2.31. The van der Waals surface area contributed by atoms with Crippen molar-refractivity contribution in [2.75, 3.05) is 12.4 Å². The lowest BCUT2D eigenvalue weighted by atomic mass is 9.91. The highest BCUT2D eigenvalue weighted by Crippen LogP contribution is 2.42. The van der Waals surface area contributed by atoms with E-state index in [9.17, 15) is 9.90 Å². The first-order valence-corrected chi connectivity index (χ1v) is 8.06. The summed E-state index contributed by atoms with van der Waals surface area (Å²) in [5.41, 5.74) is 1.10. The zero-order valence-corrected chi connectivity index (χ0v) is 13.2. The van der Waals surface area contributed by atoms with Gasteiger partial charge in [0.15, 0.2) is 0 Å². The fraction of sp³-hybridized carbons (Fsp3) is 0.562. The van der Waals surface area contributed by atoms with Crippen molar-refractivity contribution < 1.29 is 9.90 Å². The molecule has 1 saturated heterocycles. The van der Waals surface area contributed by atoms with Gasteiger partial charge in [0.1, 0.15) is 5.37 Å². The predicted octanol–water partition coefficient (Wildman–Crippen LogP) is 3.06. The molecule has 110 valence electrons. The number of hydrogen-bond acceptors (Lipinski definition) is 3. The van der Waals surface area contributed by atoms with Crippen molar-refractivity contribution in [1.29, 1.82) is 0 Å². The number of nitrogens with zero attached hydrogens (tertiary/aromatic N) is 1. The molecule has 1 aliphatic rings. The maximum absolute atomic E-state index is 12.6. The maximum atomic E-state index is 12.6. The van der Waals surface area contributed by atoms with Crippen LogP contribution in [-0.4, -0.2) is 34.3 Å². The summed E-state index contributed by atoms with van der Waals surface area (Å²) in [7, 11) is 0. The summed E-state index contributed by atoms with van der Waals surface area (Å²) in [5.74, 6) is 0.932. The Labute approximate surface area is 125 Å². The minimum absolute atomic E-state index is 0.0307. The summed E-state index contributed by atoms with van der Waals surface area (Å²) in [6, 6.07) is 10.0. The number of amides is 1. The van der Waals surface area contributed by atoms with Gasteiger partial charge in [-0.3, -0.25) is 4.79 Å². The van der Waals surface area contributed by atoms with Crippen molar-refractivity contribution in [2.45, 2.75) is 38.6 Å². The smallest absolute Gasteiger partial charge is 0.224 e. The summed E-state index contributed by atoms with van der Waals surface area (Å²) >= 11 is 1.74. The van der Waals surface area contributed by atoms with Crippen molar-refractivity contribution in [1.82, 2.24) is 4.90 Å². The fourth-order valence-electron chi connectivity index (χ4n) is 2.45. The molecule has 0 saturated carbocycles. The van der Waals surface area contributed by atoms with Crippen LogP contribution >= 0.6 is 11.8 Å². The van der Waals surface area contributed by atoms with Crippen molar-refractivity contribution in [3.05, 3.63) is 35.9 Å². The first-order chi connectivity index (χ1) is 9.42. The average Bonchev–Trinajstić information content (AvgIpc) is 2.81. The highest BCUT2D eigenvalue weighted by molar-refractivity contribution is 7.99. The number of carbonyl (C=O) groups is 1. The van der Waals surface area contributed by atoms with E-state index in [2.05, 4.69) is 32.9 Å². The predicted molar refractivity (Wildman–Crippen MR) is 83.4 cm³/mol. The molecule has 1 N–H and O–H groups in total. The van der Waals surface area contributed by atoms with E-state index in [-0.39, 0.29) is 29.3 Å². The van der Waals surface area contributed by atoms with E-state index in [0.29, 0.717) is 6.42 Å². The van der Waals surface area contributed by atoms with Crippen molar-refractivity contribution in [3.63, 3.8) is 0 Å². The number of benzene rings is 1. The standard InChI is InChI=1S/C16H23NO2S/c1-16(2,3)9-14(19)17-13(10-18)11-20-15(17)12-7-5-4-6-8-12/h4-8,13,15,18H,9-11H2,1-3H3/t13-,15?/m1/s1. The van der Waals surface area contributed by atoms with Gasteiger partial charge >= 0.3 is 0 Å². The quantitative estimate of drug-likeness (QED) is 0.931. The third kappa shape index (κ3) is 3.55. The van der Waals surface area contributed by atoms with Crippen LogP contribution in [0.15, 0.2) is 30.3 Å². The minimum atomic E-state index is -0.0694. The monoisotopic (exact) mass is 293 g/mol. The topological polar surface area (TPSA) is 40.5 Å². The largest absolute Gasteiger partial charge is 0.394 e. The average molecular weight is 293 g/mol. The van der Waals surface area contributed by atoms with Gasteiger partial charge in [0.25, 0.3) is 0 Å². The number of carbonyl (C=O) groups excluding carboxylic acids is 1. The number of thioether (sulfide) groups is 1. The van der Waals surface area contributed by atoms with Crippen LogP contribution in [0.25, 0.3) is 0 Å². The first-order valence-electron chi connectivity index (χ1n) is 7.01. The Hall–Kier alpha value is -1.00. The van der Waals surface area contributed by atoms with E-state index in [1.807, 2.05) is 23.1 Å². The first kappa shape index (κ1) is 15.4. The Morgan fingerprint density at radius 1 is 1.35 bits per heavy atom. The van der Waals surface area contributed by atoms with E-state index >= 15 is 0 Å². The molecule has 0 bridgehead atoms. The van der Waals surface area contributed by atoms with Gasteiger partial charge in [-0.2, -0.15) is 0 Å². The molecule has 0 spiro atoms. The maximum Gasteiger partial charge on any atom is 0.224 e. The van der Waals surface area contributed by atoms with Gasteiger partial charge in [0.2, 0.25) is 5.91 Å². The number of hydrogen-bond donors (Lipinski definition) is 1. The van der Waals surface area contributed by atoms with Crippen LogP contribution in [0.4, 0.5) is 0 Å². The van der Waals surface area contributed by atoms with Gasteiger partial charge < -0.3 is 10.0 Å². The van der Waals surface area contributed by atoms with Gasteiger partial charge in [-0.25, -0.2) is 0 Å². The number of aliphatic hydroxyl groups is 1. The molecule has 1 aromatic carbocycles. The van der Waals surface area contributed by atoms with Gasteiger partial charge in [-0.1, -0.05) is 51.1 Å². The Kier molecular flexibility index (Phi) is 4.76. The second-order valence-electron chi connectivity index (χ2n) is 6.47. The van der Waals surface area contributed by atoms with Crippen LogP contribution in [0.5, 0.6) is 0 Å². The highest BCUT2D eigenvalue weighted by Gasteiger charge is 2.38. The van der Waals surface area contributed by atoms with Crippen LogP contribution in [0.1, 0.15) is 38.1 Å². The summed E-state index contributed by atoms with van der Waals surface area (Å²) in [6.07, 6.45) is 0.507. The van der Waals surface area contributed by atoms with Crippen molar-refractivity contribution in [2.24, 2.45) is 5.41 Å². The Morgan fingerprint density at radius 3 is 2.55 bits per heavy atom.